The average Bonchev–Trinajstić information content (AvgIpc) is 2.96. The standard InChI is InChI=1S/C22H22N2O5/c1-13(22(28)29)14(2)23-19(25)16-8-9-17-18(12-16)21(27)24(20(17)26)11-10-15-6-4-3-5-7-15/h3-9,12-14H,10-11H2,1-2H3,(H,23,25)(H,28,29). The molecule has 0 saturated carbocycles. The fourth-order valence-electron chi connectivity index (χ4n) is 3.15. The minimum absolute atomic E-state index is 0.189. The number of carbonyl (C=O) groups excluding carboxylic acids is 3. The number of hydrogen-bond donors (Lipinski definition) is 2. The first-order chi connectivity index (χ1) is 13.8. The second kappa shape index (κ2) is 8.26. The molecule has 7 nitrogen and oxygen atoms in total. The molecule has 2 atom stereocenters. The van der Waals surface area contributed by atoms with Crippen LogP contribution in [0.4, 0.5) is 0 Å². The van der Waals surface area contributed by atoms with Gasteiger partial charge in [-0.1, -0.05) is 30.3 Å². The van der Waals surface area contributed by atoms with E-state index in [1.54, 1.807) is 6.92 Å². The summed E-state index contributed by atoms with van der Waals surface area (Å²) in [4.78, 5) is 50.0. The van der Waals surface area contributed by atoms with Gasteiger partial charge in [-0.25, -0.2) is 0 Å². The third-order valence-electron chi connectivity index (χ3n) is 5.20. The fourth-order valence-corrected chi connectivity index (χ4v) is 3.15. The van der Waals surface area contributed by atoms with E-state index in [2.05, 4.69) is 5.32 Å². The molecule has 3 amide bonds. The highest BCUT2D eigenvalue weighted by Gasteiger charge is 2.35. The normalized spacial score (nSPS) is 15.0. The third-order valence-corrected chi connectivity index (χ3v) is 5.20. The van der Waals surface area contributed by atoms with E-state index in [9.17, 15) is 19.2 Å². The van der Waals surface area contributed by atoms with Crippen LogP contribution >= 0.6 is 0 Å². The fraction of sp³-hybridized carbons (Fsp3) is 0.273. The number of aliphatic carboxylic acids is 1. The molecule has 0 fully saturated rings. The van der Waals surface area contributed by atoms with Gasteiger partial charge < -0.3 is 10.4 Å². The van der Waals surface area contributed by atoms with Crippen molar-refractivity contribution in [1.82, 2.24) is 10.2 Å². The molecule has 2 aromatic carbocycles. The van der Waals surface area contributed by atoms with Crippen LogP contribution in [0, 0.1) is 5.92 Å². The van der Waals surface area contributed by atoms with Gasteiger partial charge in [0, 0.05) is 18.2 Å². The summed E-state index contributed by atoms with van der Waals surface area (Å²) in [5.74, 6) is -3.06. The van der Waals surface area contributed by atoms with Crippen molar-refractivity contribution in [2.45, 2.75) is 26.3 Å². The Bertz CT molecular complexity index is 970. The Labute approximate surface area is 168 Å². The van der Waals surface area contributed by atoms with Crippen LogP contribution in [0.1, 0.15) is 50.5 Å². The molecule has 0 bridgehead atoms. The molecule has 0 saturated heterocycles. The summed E-state index contributed by atoms with van der Waals surface area (Å²) in [6.07, 6.45) is 0.546. The van der Waals surface area contributed by atoms with Crippen LogP contribution in [0.25, 0.3) is 0 Å². The van der Waals surface area contributed by atoms with Gasteiger partial charge in [0.15, 0.2) is 0 Å². The number of benzene rings is 2. The van der Waals surface area contributed by atoms with Crippen LogP contribution in [0.2, 0.25) is 0 Å². The van der Waals surface area contributed by atoms with E-state index in [0.29, 0.717) is 6.42 Å². The SMILES string of the molecule is CC(NC(=O)c1ccc2c(c1)C(=O)N(CCc1ccccc1)C2=O)C(C)C(=O)O. The Balaban J connectivity index is 1.73. The lowest BCUT2D eigenvalue weighted by Gasteiger charge is -2.17. The second-order valence-electron chi connectivity index (χ2n) is 7.15. The minimum Gasteiger partial charge on any atom is -0.481 e. The van der Waals surface area contributed by atoms with Crippen LogP contribution in [-0.2, 0) is 11.2 Å². The van der Waals surface area contributed by atoms with Crippen LogP contribution in [0.5, 0.6) is 0 Å². The van der Waals surface area contributed by atoms with Gasteiger partial charge in [0.1, 0.15) is 0 Å². The lowest BCUT2D eigenvalue weighted by atomic mass is 10.0. The van der Waals surface area contributed by atoms with Gasteiger partial charge >= 0.3 is 5.97 Å². The zero-order valence-corrected chi connectivity index (χ0v) is 16.2. The Morgan fingerprint density at radius 2 is 1.66 bits per heavy atom. The molecule has 2 unspecified atom stereocenters. The van der Waals surface area contributed by atoms with Crippen LogP contribution in [0.15, 0.2) is 48.5 Å². The number of nitrogens with zero attached hydrogens (tertiary/aromatic N) is 1. The number of amides is 3. The second-order valence-corrected chi connectivity index (χ2v) is 7.15. The van der Waals surface area contributed by atoms with Crippen molar-refractivity contribution >= 4 is 23.7 Å². The van der Waals surface area contributed by atoms with E-state index in [1.807, 2.05) is 30.3 Å². The van der Waals surface area contributed by atoms with Crippen molar-refractivity contribution in [3.63, 3.8) is 0 Å². The first-order valence-corrected chi connectivity index (χ1v) is 9.37. The van der Waals surface area contributed by atoms with Crippen molar-refractivity contribution in [3.05, 3.63) is 70.8 Å². The Hall–Kier alpha value is -3.48. The number of nitrogens with one attached hydrogen (secondary N) is 1. The molecule has 3 rings (SSSR count). The number of carboxylic acid groups (broad SMARTS) is 1. The largest absolute Gasteiger partial charge is 0.481 e. The third kappa shape index (κ3) is 4.18. The van der Waals surface area contributed by atoms with Crippen LogP contribution in [0.3, 0.4) is 0 Å². The van der Waals surface area contributed by atoms with E-state index >= 15 is 0 Å². The molecule has 29 heavy (non-hydrogen) atoms. The zero-order chi connectivity index (χ0) is 21.1. The summed E-state index contributed by atoms with van der Waals surface area (Å²) < 4.78 is 0. The molecule has 7 heteroatoms. The number of carbonyl (C=O) groups is 4. The van der Waals surface area contributed by atoms with Gasteiger partial charge in [0.2, 0.25) is 0 Å². The highest BCUT2D eigenvalue weighted by atomic mass is 16.4. The summed E-state index contributed by atoms with van der Waals surface area (Å²) in [7, 11) is 0. The van der Waals surface area contributed by atoms with E-state index in [4.69, 9.17) is 5.11 Å². The van der Waals surface area contributed by atoms with Crippen molar-refractivity contribution in [2.24, 2.45) is 5.92 Å². The van der Waals surface area contributed by atoms with Gasteiger partial charge in [-0.3, -0.25) is 24.1 Å². The summed E-state index contributed by atoms with van der Waals surface area (Å²) in [5.41, 5.74) is 1.69. The van der Waals surface area contributed by atoms with Crippen LogP contribution < -0.4 is 5.32 Å². The highest BCUT2D eigenvalue weighted by molar-refractivity contribution is 6.22. The molecule has 2 aromatic rings. The van der Waals surface area contributed by atoms with Gasteiger partial charge in [0.25, 0.3) is 17.7 Å². The van der Waals surface area contributed by atoms with E-state index in [1.165, 1.54) is 30.0 Å². The summed E-state index contributed by atoms with van der Waals surface area (Å²) in [5, 5.41) is 11.7. The molecular formula is C22H22N2O5. The molecule has 1 aliphatic heterocycles. The Kier molecular flexibility index (Phi) is 5.77. The highest BCUT2D eigenvalue weighted by Crippen LogP contribution is 2.24. The maximum Gasteiger partial charge on any atom is 0.308 e. The van der Waals surface area contributed by atoms with Gasteiger partial charge in [-0.2, -0.15) is 0 Å². The molecule has 0 aromatic heterocycles. The molecule has 0 radical (unpaired) electrons. The predicted octanol–water partition coefficient (Wildman–Crippen LogP) is 2.36. The van der Waals surface area contributed by atoms with E-state index in [-0.39, 0.29) is 29.1 Å². The maximum absolute atomic E-state index is 12.7. The van der Waals surface area contributed by atoms with Gasteiger partial charge in [-0.15, -0.1) is 0 Å². The summed E-state index contributed by atoms with van der Waals surface area (Å²) in [6, 6.07) is 13.3. The first-order valence-electron chi connectivity index (χ1n) is 9.37. The lowest BCUT2D eigenvalue weighted by Crippen LogP contribution is -2.40. The number of imide groups is 1. The monoisotopic (exact) mass is 394 g/mol. The Morgan fingerprint density at radius 3 is 2.31 bits per heavy atom. The molecule has 1 heterocycles. The minimum atomic E-state index is -1.01. The average molecular weight is 394 g/mol. The van der Waals surface area contributed by atoms with Gasteiger partial charge in [-0.05, 0) is 44.0 Å². The van der Waals surface area contributed by atoms with Crippen molar-refractivity contribution in [3.8, 4) is 0 Å². The number of rotatable bonds is 7. The molecule has 150 valence electrons. The smallest absolute Gasteiger partial charge is 0.308 e. The molecule has 0 spiro atoms. The van der Waals surface area contributed by atoms with Crippen molar-refractivity contribution < 1.29 is 24.3 Å². The van der Waals surface area contributed by atoms with Crippen LogP contribution in [-0.4, -0.2) is 46.3 Å². The molecule has 2 N–H and O–H groups in total. The zero-order valence-electron chi connectivity index (χ0n) is 16.2. The maximum atomic E-state index is 12.7. The number of fused-ring (bicyclic) bond motifs is 1. The summed E-state index contributed by atoms with van der Waals surface area (Å²) in [6.45, 7) is 3.36. The van der Waals surface area contributed by atoms with Gasteiger partial charge in [0.05, 0.1) is 17.0 Å². The first kappa shape index (κ1) is 20.3. The summed E-state index contributed by atoms with van der Waals surface area (Å²) >= 11 is 0. The Morgan fingerprint density at radius 1 is 1.00 bits per heavy atom. The molecule has 0 aliphatic carbocycles. The van der Waals surface area contributed by atoms with Crippen molar-refractivity contribution in [1.29, 1.82) is 0 Å². The molecule has 1 aliphatic rings. The lowest BCUT2D eigenvalue weighted by molar-refractivity contribution is -0.141. The number of hydrogen-bond acceptors (Lipinski definition) is 4. The van der Waals surface area contributed by atoms with Crippen molar-refractivity contribution in [2.75, 3.05) is 6.54 Å². The van der Waals surface area contributed by atoms with E-state index < -0.39 is 29.7 Å². The topological polar surface area (TPSA) is 104 Å². The quantitative estimate of drug-likeness (QED) is 0.702. The molecular weight excluding hydrogens is 372 g/mol. The number of carboxylic acids is 1. The van der Waals surface area contributed by atoms with E-state index in [0.717, 1.165) is 5.56 Å². The predicted molar refractivity (Wildman–Crippen MR) is 106 cm³/mol.